The molecule has 7 heteroatoms. The molecule has 33 heavy (non-hydrogen) atoms. The van der Waals surface area contributed by atoms with Crippen molar-refractivity contribution in [1.82, 2.24) is 0 Å². The highest BCUT2D eigenvalue weighted by Crippen LogP contribution is 2.38. The van der Waals surface area contributed by atoms with Crippen molar-refractivity contribution in [3.63, 3.8) is 0 Å². The topological polar surface area (TPSA) is 55.8 Å². The third-order valence-electron chi connectivity index (χ3n) is 5.06. The number of imide groups is 1. The van der Waals surface area contributed by atoms with Crippen LogP contribution >= 0.6 is 23.4 Å². The maximum Gasteiger partial charge on any atom is 0.298 e. The lowest BCUT2D eigenvalue weighted by molar-refractivity contribution is -0.113. The Morgan fingerprint density at radius 1 is 0.970 bits per heavy atom. The van der Waals surface area contributed by atoms with E-state index in [1.807, 2.05) is 62.4 Å². The van der Waals surface area contributed by atoms with Crippen LogP contribution in [0.15, 0.2) is 71.6 Å². The highest BCUT2D eigenvalue weighted by Gasteiger charge is 2.36. The molecule has 168 valence electrons. The summed E-state index contributed by atoms with van der Waals surface area (Å²) in [7, 11) is 0. The minimum Gasteiger partial charge on any atom is -0.490 e. The normalized spacial score (nSPS) is 14.8. The molecule has 0 atom stereocenters. The summed E-state index contributed by atoms with van der Waals surface area (Å²) in [5.74, 6) is 0.787. The van der Waals surface area contributed by atoms with E-state index in [-0.39, 0.29) is 11.1 Å². The van der Waals surface area contributed by atoms with Gasteiger partial charge in [0.15, 0.2) is 11.5 Å². The predicted molar refractivity (Wildman–Crippen MR) is 133 cm³/mol. The molecule has 1 heterocycles. The van der Waals surface area contributed by atoms with Gasteiger partial charge in [-0.15, -0.1) is 0 Å². The molecular formula is C26H22ClNO4S. The Morgan fingerprint density at radius 3 is 2.48 bits per heavy atom. The third-order valence-corrected chi connectivity index (χ3v) is 6.29. The van der Waals surface area contributed by atoms with E-state index in [2.05, 4.69) is 0 Å². The molecule has 0 unspecified atom stereocenters. The van der Waals surface area contributed by atoms with Crippen molar-refractivity contribution in [3.05, 3.63) is 93.3 Å². The Labute approximate surface area is 202 Å². The average molecular weight is 480 g/mol. The molecule has 4 rings (SSSR count). The smallest absolute Gasteiger partial charge is 0.298 e. The van der Waals surface area contributed by atoms with Gasteiger partial charge in [-0.3, -0.25) is 9.59 Å². The Kier molecular flexibility index (Phi) is 7.06. The molecular weight excluding hydrogens is 458 g/mol. The van der Waals surface area contributed by atoms with E-state index in [1.165, 1.54) is 4.90 Å². The SMILES string of the molecule is CCOc1cc(/C=C2\SC(=O)N(c3ccccc3C)C2=O)ccc1OCc1ccccc1Cl. The van der Waals surface area contributed by atoms with Crippen LogP contribution < -0.4 is 14.4 Å². The van der Waals surface area contributed by atoms with E-state index in [0.717, 1.165) is 28.5 Å². The van der Waals surface area contributed by atoms with Crippen LogP contribution in [0, 0.1) is 6.92 Å². The average Bonchev–Trinajstić information content (AvgIpc) is 3.07. The fraction of sp³-hybridized carbons (Fsp3) is 0.154. The summed E-state index contributed by atoms with van der Waals surface area (Å²) in [6, 6.07) is 20.2. The van der Waals surface area contributed by atoms with Crippen molar-refractivity contribution in [2.24, 2.45) is 0 Å². The Bertz CT molecular complexity index is 1240. The van der Waals surface area contributed by atoms with Crippen LogP contribution in [0.3, 0.4) is 0 Å². The Morgan fingerprint density at radius 2 is 1.73 bits per heavy atom. The molecule has 1 aliphatic heterocycles. The highest BCUT2D eigenvalue weighted by molar-refractivity contribution is 8.19. The van der Waals surface area contributed by atoms with Crippen LogP contribution in [0.1, 0.15) is 23.6 Å². The summed E-state index contributed by atoms with van der Waals surface area (Å²) in [6.07, 6.45) is 1.70. The molecule has 0 aromatic heterocycles. The van der Waals surface area contributed by atoms with E-state index >= 15 is 0 Å². The van der Waals surface area contributed by atoms with Gasteiger partial charge in [0.25, 0.3) is 11.1 Å². The minimum absolute atomic E-state index is 0.300. The van der Waals surface area contributed by atoms with Gasteiger partial charge < -0.3 is 9.47 Å². The molecule has 0 bridgehead atoms. The monoisotopic (exact) mass is 479 g/mol. The van der Waals surface area contributed by atoms with Gasteiger partial charge in [0.1, 0.15) is 6.61 Å². The molecule has 0 aliphatic carbocycles. The number of para-hydroxylation sites is 1. The first kappa shape index (κ1) is 23.0. The molecule has 5 nitrogen and oxygen atoms in total. The standard InChI is InChI=1S/C26H22ClNO4S/c1-3-31-23-14-18(12-13-22(23)32-16-19-9-5-6-10-20(19)27)15-24-25(29)28(26(30)33-24)21-11-7-4-8-17(21)2/h4-15H,3,16H2,1-2H3/b24-15-. The second-order valence-electron chi connectivity index (χ2n) is 7.32. The quantitative estimate of drug-likeness (QED) is 0.346. The maximum absolute atomic E-state index is 13.0. The first-order chi connectivity index (χ1) is 16.0. The molecule has 0 radical (unpaired) electrons. The molecule has 3 aromatic carbocycles. The number of amides is 2. The molecule has 0 saturated carbocycles. The van der Waals surface area contributed by atoms with Gasteiger partial charge >= 0.3 is 0 Å². The fourth-order valence-electron chi connectivity index (χ4n) is 3.41. The van der Waals surface area contributed by atoms with Gasteiger partial charge in [-0.1, -0.05) is 54.1 Å². The second kappa shape index (κ2) is 10.1. The Hall–Kier alpha value is -3.22. The van der Waals surface area contributed by atoms with E-state index in [9.17, 15) is 9.59 Å². The predicted octanol–water partition coefficient (Wildman–Crippen LogP) is 6.87. The second-order valence-corrected chi connectivity index (χ2v) is 8.72. The third kappa shape index (κ3) is 5.07. The van der Waals surface area contributed by atoms with Crippen molar-refractivity contribution >= 4 is 46.3 Å². The van der Waals surface area contributed by atoms with Crippen LogP contribution in [-0.4, -0.2) is 17.8 Å². The first-order valence-corrected chi connectivity index (χ1v) is 11.6. The number of anilines is 1. The number of ether oxygens (including phenoxy) is 2. The largest absolute Gasteiger partial charge is 0.490 e. The molecule has 0 N–H and O–H groups in total. The number of carbonyl (C=O) groups excluding carboxylic acids is 2. The van der Waals surface area contributed by atoms with Gasteiger partial charge in [-0.2, -0.15) is 0 Å². The number of benzene rings is 3. The maximum atomic E-state index is 13.0. The molecule has 1 saturated heterocycles. The summed E-state index contributed by atoms with van der Waals surface area (Å²) in [6.45, 7) is 4.51. The van der Waals surface area contributed by atoms with Crippen molar-refractivity contribution in [2.75, 3.05) is 11.5 Å². The van der Waals surface area contributed by atoms with Crippen LogP contribution in [-0.2, 0) is 11.4 Å². The number of carbonyl (C=O) groups is 2. The van der Waals surface area contributed by atoms with Crippen molar-refractivity contribution in [3.8, 4) is 11.5 Å². The van der Waals surface area contributed by atoms with Crippen LogP contribution in [0.2, 0.25) is 5.02 Å². The minimum atomic E-state index is -0.337. The van der Waals surface area contributed by atoms with Crippen LogP contribution in [0.25, 0.3) is 6.08 Å². The molecule has 0 spiro atoms. The lowest BCUT2D eigenvalue weighted by Gasteiger charge is -2.15. The highest BCUT2D eigenvalue weighted by atomic mass is 35.5. The number of halogens is 1. The van der Waals surface area contributed by atoms with Crippen molar-refractivity contribution in [2.45, 2.75) is 20.5 Å². The summed E-state index contributed by atoms with van der Waals surface area (Å²) in [5.41, 5.74) is 3.07. The van der Waals surface area contributed by atoms with Gasteiger partial charge in [-0.05, 0) is 67.1 Å². The number of rotatable bonds is 7. The van der Waals surface area contributed by atoms with Gasteiger partial charge in [0, 0.05) is 10.6 Å². The molecule has 1 fully saturated rings. The summed E-state index contributed by atoms with van der Waals surface area (Å²) < 4.78 is 11.7. The summed E-state index contributed by atoms with van der Waals surface area (Å²) >= 11 is 7.14. The number of aryl methyl sites for hydroxylation is 1. The zero-order valence-electron chi connectivity index (χ0n) is 18.2. The molecule has 1 aliphatic rings. The molecule has 2 amide bonds. The van der Waals surface area contributed by atoms with Gasteiger partial charge in [-0.25, -0.2) is 4.90 Å². The van der Waals surface area contributed by atoms with Gasteiger partial charge in [0.2, 0.25) is 0 Å². The number of hydrogen-bond acceptors (Lipinski definition) is 5. The summed E-state index contributed by atoms with van der Waals surface area (Å²) in [5, 5.41) is 0.321. The van der Waals surface area contributed by atoms with E-state index in [0.29, 0.717) is 40.3 Å². The number of hydrogen-bond donors (Lipinski definition) is 0. The van der Waals surface area contributed by atoms with Crippen molar-refractivity contribution in [1.29, 1.82) is 0 Å². The lowest BCUT2D eigenvalue weighted by atomic mass is 10.1. The number of nitrogens with zero attached hydrogens (tertiary/aromatic N) is 1. The van der Waals surface area contributed by atoms with Crippen LogP contribution in [0.5, 0.6) is 11.5 Å². The van der Waals surface area contributed by atoms with Crippen molar-refractivity contribution < 1.29 is 19.1 Å². The zero-order chi connectivity index (χ0) is 23.4. The van der Waals surface area contributed by atoms with E-state index in [1.54, 1.807) is 24.3 Å². The molecule has 3 aromatic rings. The van der Waals surface area contributed by atoms with Crippen LogP contribution in [0.4, 0.5) is 10.5 Å². The fourth-order valence-corrected chi connectivity index (χ4v) is 4.44. The summed E-state index contributed by atoms with van der Waals surface area (Å²) in [4.78, 5) is 27.1. The lowest BCUT2D eigenvalue weighted by Crippen LogP contribution is -2.28. The van der Waals surface area contributed by atoms with Gasteiger partial charge in [0.05, 0.1) is 17.2 Å². The first-order valence-electron chi connectivity index (χ1n) is 10.4. The zero-order valence-corrected chi connectivity index (χ0v) is 19.8. The van der Waals surface area contributed by atoms with E-state index in [4.69, 9.17) is 21.1 Å². The van der Waals surface area contributed by atoms with E-state index < -0.39 is 0 Å². The number of thioether (sulfide) groups is 1. The Balaban J connectivity index is 1.57.